The van der Waals surface area contributed by atoms with Crippen LogP contribution in [0.2, 0.25) is 0 Å². The van der Waals surface area contributed by atoms with Gasteiger partial charge in [-0.3, -0.25) is 4.79 Å². The Bertz CT molecular complexity index is 572. The Kier molecular flexibility index (Phi) is 2.65. The third kappa shape index (κ3) is 1.89. The Morgan fingerprint density at radius 3 is 2.47 bits per heavy atom. The maximum atomic E-state index is 13.7. The van der Waals surface area contributed by atoms with Crippen LogP contribution in [0.3, 0.4) is 0 Å². The molecule has 2 aromatic rings. The van der Waals surface area contributed by atoms with Gasteiger partial charge in [0.05, 0.1) is 11.3 Å². The number of nitrogen functional groups attached to an aromatic ring is 1. The van der Waals surface area contributed by atoms with Crippen LogP contribution in [-0.2, 0) is 0 Å². The fourth-order valence-corrected chi connectivity index (χ4v) is 1.36. The number of carbonyl (C=O) groups excluding carboxylic acids is 1. The smallest absolute Gasteiger partial charge is 0.251 e. The minimum absolute atomic E-state index is 0.215. The molecule has 6 nitrogen and oxygen atoms in total. The second-order valence-electron chi connectivity index (χ2n) is 3.21. The molecule has 0 spiro atoms. The minimum atomic E-state index is -0.878. The van der Waals surface area contributed by atoms with Crippen LogP contribution in [0.15, 0.2) is 24.8 Å². The molecule has 86 valence electrons. The van der Waals surface area contributed by atoms with E-state index >= 15 is 0 Å². The van der Waals surface area contributed by atoms with Gasteiger partial charge in [-0.25, -0.2) is 19.3 Å². The summed E-state index contributed by atoms with van der Waals surface area (Å²) in [6, 6.07) is 2.68. The molecule has 0 fully saturated rings. The minimum Gasteiger partial charge on any atom is -0.396 e. The zero-order valence-corrected chi connectivity index (χ0v) is 8.59. The molecule has 0 aliphatic heterocycles. The van der Waals surface area contributed by atoms with Gasteiger partial charge in [0.25, 0.3) is 5.91 Å². The van der Waals surface area contributed by atoms with Crippen LogP contribution in [0.5, 0.6) is 0 Å². The summed E-state index contributed by atoms with van der Waals surface area (Å²) in [5.74, 6) is -1.51. The molecular weight excluding hydrogens is 225 g/mol. The van der Waals surface area contributed by atoms with Crippen LogP contribution in [0.4, 0.5) is 10.1 Å². The fraction of sp³-hybridized carbons (Fsp3) is 0. The summed E-state index contributed by atoms with van der Waals surface area (Å²) in [7, 11) is 0. The summed E-state index contributed by atoms with van der Waals surface area (Å²) in [5.41, 5.74) is 10.4. The Morgan fingerprint density at radius 2 is 1.88 bits per heavy atom. The van der Waals surface area contributed by atoms with Crippen molar-refractivity contribution < 1.29 is 9.18 Å². The lowest BCUT2D eigenvalue weighted by atomic mass is 10.1. The van der Waals surface area contributed by atoms with Crippen molar-refractivity contribution in [2.45, 2.75) is 0 Å². The first-order valence-corrected chi connectivity index (χ1v) is 4.61. The second-order valence-corrected chi connectivity index (χ2v) is 3.21. The van der Waals surface area contributed by atoms with E-state index in [4.69, 9.17) is 11.5 Å². The van der Waals surface area contributed by atoms with Gasteiger partial charge in [-0.05, 0) is 12.1 Å². The lowest BCUT2D eigenvalue weighted by Crippen LogP contribution is -2.14. The number of anilines is 1. The van der Waals surface area contributed by atoms with Gasteiger partial charge in [-0.15, -0.1) is 0 Å². The highest BCUT2D eigenvalue weighted by Gasteiger charge is 2.16. The highest BCUT2D eigenvalue weighted by molar-refractivity contribution is 5.95. The monoisotopic (exact) mass is 233 g/mol. The standard InChI is InChI=1S/C10H8FN5O/c11-7-5(9(13)17)1-2-6(8(7)12)10-15-3-14-4-16-10/h1-4H,12H2,(H2,13,17). The van der Waals surface area contributed by atoms with E-state index in [9.17, 15) is 9.18 Å². The fourth-order valence-electron chi connectivity index (χ4n) is 1.36. The van der Waals surface area contributed by atoms with E-state index in [2.05, 4.69) is 15.0 Å². The van der Waals surface area contributed by atoms with Gasteiger partial charge >= 0.3 is 0 Å². The first-order valence-electron chi connectivity index (χ1n) is 4.61. The molecule has 0 saturated carbocycles. The van der Waals surface area contributed by atoms with Crippen LogP contribution in [0.25, 0.3) is 11.4 Å². The van der Waals surface area contributed by atoms with Crippen molar-refractivity contribution >= 4 is 11.6 Å². The van der Waals surface area contributed by atoms with Crippen molar-refractivity contribution in [3.63, 3.8) is 0 Å². The number of benzene rings is 1. The molecule has 7 heteroatoms. The molecule has 1 heterocycles. The summed E-state index contributed by atoms with van der Waals surface area (Å²) in [6.07, 6.45) is 2.53. The summed E-state index contributed by atoms with van der Waals surface area (Å²) >= 11 is 0. The number of hydrogen-bond donors (Lipinski definition) is 2. The Hall–Kier alpha value is -2.57. The molecule has 0 aliphatic carbocycles. The second kappa shape index (κ2) is 4.12. The largest absolute Gasteiger partial charge is 0.396 e. The van der Waals surface area contributed by atoms with E-state index in [1.54, 1.807) is 0 Å². The Morgan fingerprint density at radius 1 is 1.24 bits per heavy atom. The van der Waals surface area contributed by atoms with E-state index in [1.165, 1.54) is 24.8 Å². The third-order valence-electron chi connectivity index (χ3n) is 2.18. The van der Waals surface area contributed by atoms with E-state index in [0.29, 0.717) is 0 Å². The molecule has 17 heavy (non-hydrogen) atoms. The molecule has 0 unspecified atom stereocenters. The molecule has 0 bridgehead atoms. The maximum Gasteiger partial charge on any atom is 0.251 e. The first kappa shape index (κ1) is 10.9. The average Bonchev–Trinajstić information content (AvgIpc) is 2.33. The molecule has 2 rings (SSSR count). The number of amides is 1. The van der Waals surface area contributed by atoms with Gasteiger partial charge in [0.15, 0.2) is 11.6 Å². The Labute approximate surface area is 95.5 Å². The van der Waals surface area contributed by atoms with E-state index < -0.39 is 11.7 Å². The van der Waals surface area contributed by atoms with E-state index in [-0.39, 0.29) is 22.6 Å². The number of aromatic nitrogens is 3. The summed E-state index contributed by atoms with van der Waals surface area (Å²) in [5, 5.41) is 0. The quantitative estimate of drug-likeness (QED) is 0.728. The topological polar surface area (TPSA) is 108 Å². The molecule has 0 radical (unpaired) electrons. The Balaban J connectivity index is 2.60. The number of hydrogen-bond acceptors (Lipinski definition) is 5. The average molecular weight is 233 g/mol. The first-order chi connectivity index (χ1) is 8.11. The molecule has 1 aromatic carbocycles. The highest BCUT2D eigenvalue weighted by Crippen LogP contribution is 2.26. The lowest BCUT2D eigenvalue weighted by molar-refractivity contribution is 0.0996. The van der Waals surface area contributed by atoms with Gasteiger partial charge in [-0.1, -0.05) is 0 Å². The highest BCUT2D eigenvalue weighted by atomic mass is 19.1. The van der Waals surface area contributed by atoms with Crippen molar-refractivity contribution in [3.05, 3.63) is 36.2 Å². The molecule has 0 aliphatic rings. The number of carbonyl (C=O) groups is 1. The molecular formula is C10H8FN5O. The predicted octanol–water partition coefficient (Wildman–Crippen LogP) is 0.359. The van der Waals surface area contributed by atoms with Crippen molar-refractivity contribution in [2.24, 2.45) is 5.73 Å². The van der Waals surface area contributed by atoms with Gasteiger partial charge < -0.3 is 11.5 Å². The van der Waals surface area contributed by atoms with Crippen LogP contribution in [0.1, 0.15) is 10.4 Å². The maximum absolute atomic E-state index is 13.7. The van der Waals surface area contributed by atoms with Crippen LogP contribution in [-0.4, -0.2) is 20.9 Å². The number of primary amides is 1. The number of nitrogens with zero attached hydrogens (tertiary/aromatic N) is 3. The third-order valence-corrected chi connectivity index (χ3v) is 2.18. The SMILES string of the molecule is NC(=O)c1ccc(-c2ncncn2)c(N)c1F. The molecule has 1 aromatic heterocycles. The summed E-state index contributed by atoms with van der Waals surface area (Å²) in [6.45, 7) is 0. The molecule has 1 amide bonds. The molecule has 0 atom stereocenters. The zero-order valence-electron chi connectivity index (χ0n) is 8.59. The van der Waals surface area contributed by atoms with E-state index in [0.717, 1.165) is 0 Å². The van der Waals surface area contributed by atoms with Crippen LogP contribution < -0.4 is 11.5 Å². The normalized spacial score (nSPS) is 10.2. The van der Waals surface area contributed by atoms with Crippen molar-refractivity contribution in [1.29, 1.82) is 0 Å². The van der Waals surface area contributed by atoms with Crippen LogP contribution in [0, 0.1) is 5.82 Å². The van der Waals surface area contributed by atoms with Gasteiger partial charge in [0, 0.05) is 5.56 Å². The molecule has 0 saturated heterocycles. The van der Waals surface area contributed by atoms with Crippen molar-refractivity contribution in [3.8, 4) is 11.4 Å². The van der Waals surface area contributed by atoms with Crippen molar-refractivity contribution in [2.75, 3.05) is 5.73 Å². The van der Waals surface area contributed by atoms with Crippen molar-refractivity contribution in [1.82, 2.24) is 15.0 Å². The number of rotatable bonds is 2. The zero-order chi connectivity index (χ0) is 12.4. The van der Waals surface area contributed by atoms with Gasteiger partial charge in [0.1, 0.15) is 12.7 Å². The summed E-state index contributed by atoms with van der Waals surface area (Å²) < 4.78 is 13.7. The van der Waals surface area contributed by atoms with Crippen LogP contribution >= 0.6 is 0 Å². The summed E-state index contributed by atoms with van der Waals surface area (Å²) in [4.78, 5) is 22.2. The number of nitrogens with two attached hydrogens (primary N) is 2. The number of halogens is 1. The molecule has 4 N–H and O–H groups in total. The van der Waals surface area contributed by atoms with Gasteiger partial charge in [0.2, 0.25) is 0 Å². The van der Waals surface area contributed by atoms with E-state index in [1.807, 2.05) is 0 Å². The van der Waals surface area contributed by atoms with Gasteiger partial charge in [-0.2, -0.15) is 0 Å². The predicted molar refractivity (Wildman–Crippen MR) is 58.2 cm³/mol. The lowest BCUT2D eigenvalue weighted by Gasteiger charge is -2.07.